The van der Waals surface area contributed by atoms with Gasteiger partial charge in [0.1, 0.15) is 5.82 Å². The van der Waals surface area contributed by atoms with E-state index in [1.807, 2.05) is 0 Å². The van der Waals surface area contributed by atoms with E-state index in [1.165, 1.54) is 12.1 Å². The molecule has 0 saturated heterocycles. The minimum Gasteiger partial charge on any atom is -0.475 e. The van der Waals surface area contributed by atoms with Gasteiger partial charge in [-0.25, -0.2) is 14.2 Å². The molecular formula is C13H9BrFNO3. The summed E-state index contributed by atoms with van der Waals surface area (Å²) in [4.78, 5) is 15.3. The summed E-state index contributed by atoms with van der Waals surface area (Å²) >= 11 is 3.18. The maximum Gasteiger partial charge on any atom is 0.373 e. The molecule has 98 valence electrons. The van der Waals surface area contributed by atoms with Crippen LogP contribution in [0.15, 0.2) is 27.1 Å². The molecule has 1 aliphatic carbocycles. The lowest BCUT2D eigenvalue weighted by atomic mass is 10.2. The number of aromatic carboxylic acids is 1. The minimum absolute atomic E-state index is 0.138. The highest BCUT2D eigenvalue weighted by atomic mass is 79.9. The third-order valence-corrected chi connectivity index (χ3v) is 3.38. The highest BCUT2D eigenvalue weighted by Crippen LogP contribution is 2.42. The van der Waals surface area contributed by atoms with Crippen LogP contribution in [0.4, 0.5) is 4.39 Å². The maximum absolute atomic E-state index is 13.3. The topological polar surface area (TPSA) is 63.3 Å². The Morgan fingerprint density at radius 3 is 2.74 bits per heavy atom. The van der Waals surface area contributed by atoms with Gasteiger partial charge >= 0.3 is 5.97 Å². The van der Waals surface area contributed by atoms with Gasteiger partial charge in [0.05, 0.1) is 5.69 Å². The van der Waals surface area contributed by atoms with Gasteiger partial charge in [0.25, 0.3) is 0 Å². The molecule has 6 heteroatoms. The number of carboxylic acid groups (broad SMARTS) is 1. The maximum atomic E-state index is 13.3. The lowest BCUT2D eigenvalue weighted by molar-refractivity contribution is 0.0661. The number of aromatic nitrogens is 1. The van der Waals surface area contributed by atoms with E-state index in [9.17, 15) is 9.18 Å². The number of hydrogen-bond donors (Lipinski definition) is 1. The fourth-order valence-corrected chi connectivity index (χ4v) is 2.38. The molecule has 0 bridgehead atoms. The largest absolute Gasteiger partial charge is 0.475 e. The molecular weight excluding hydrogens is 317 g/mol. The van der Waals surface area contributed by atoms with Crippen LogP contribution >= 0.6 is 15.9 Å². The average molecular weight is 326 g/mol. The first kappa shape index (κ1) is 12.3. The first-order valence-electron chi connectivity index (χ1n) is 5.75. The monoisotopic (exact) mass is 325 g/mol. The average Bonchev–Trinajstić information content (AvgIpc) is 3.06. The molecule has 1 aliphatic rings. The van der Waals surface area contributed by atoms with E-state index < -0.39 is 11.8 Å². The summed E-state index contributed by atoms with van der Waals surface area (Å²) in [6.45, 7) is 0. The zero-order valence-corrected chi connectivity index (χ0v) is 11.3. The van der Waals surface area contributed by atoms with Gasteiger partial charge in [-0.1, -0.05) is 15.9 Å². The van der Waals surface area contributed by atoms with E-state index in [2.05, 4.69) is 20.9 Å². The number of benzene rings is 1. The van der Waals surface area contributed by atoms with Gasteiger partial charge in [0.2, 0.25) is 11.7 Å². The molecule has 1 fully saturated rings. The van der Waals surface area contributed by atoms with Crippen LogP contribution in [0.25, 0.3) is 11.5 Å². The summed E-state index contributed by atoms with van der Waals surface area (Å²) in [7, 11) is 0. The van der Waals surface area contributed by atoms with Gasteiger partial charge in [-0.2, -0.15) is 0 Å². The van der Waals surface area contributed by atoms with Crippen LogP contribution < -0.4 is 0 Å². The van der Waals surface area contributed by atoms with Crippen molar-refractivity contribution in [2.45, 2.75) is 18.8 Å². The van der Waals surface area contributed by atoms with Gasteiger partial charge in [-0.15, -0.1) is 0 Å². The minimum atomic E-state index is -1.14. The number of halogens is 2. The van der Waals surface area contributed by atoms with Crippen LogP contribution in [0.2, 0.25) is 0 Å². The van der Waals surface area contributed by atoms with E-state index in [4.69, 9.17) is 9.52 Å². The normalized spacial score (nSPS) is 14.6. The third kappa shape index (κ3) is 2.40. The van der Waals surface area contributed by atoms with E-state index in [-0.39, 0.29) is 17.6 Å². The van der Waals surface area contributed by atoms with Crippen molar-refractivity contribution in [3.63, 3.8) is 0 Å². The lowest BCUT2D eigenvalue weighted by Crippen LogP contribution is -1.98. The van der Waals surface area contributed by atoms with Crippen LogP contribution in [-0.2, 0) is 0 Å². The predicted molar refractivity (Wildman–Crippen MR) is 68.5 cm³/mol. The second kappa shape index (κ2) is 4.45. The number of carbonyl (C=O) groups is 1. The van der Waals surface area contributed by atoms with Crippen molar-refractivity contribution in [3.05, 3.63) is 39.9 Å². The number of rotatable bonds is 3. The Morgan fingerprint density at radius 2 is 2.16 bits per heavy atom. The summed E-state index contributed by atoms with van der Waals surface area (Å²) in [5, 5.41) is 9.09. The Kier molecular flexibility index (Phi) is 2.89. The Balaban J connectivity index is 2.09. The van der Waals surface area contributed by atoms with Gasteiger partial charge < -0.3 is 9.52 Å². The van der Waals surface area contributed by atoms with Crippen molar-refractivity contribution in [1.82, 2.24) is 4.98 Å². The molecule has 0 aliphatic heterocycles. The van der Waals surface area contributed by atoms with Crippen LogP contribution in [0.5, 0.6) is 0 Å². The highest BCUT2D eigenvalue weighted by molar-refractivity contribution is 9.10. The van der Waals surface area contributed by atoms with Crippen molar-refractivity contribution >= 4 is 21.9 Å². The predicted octanol–water partition coefficient (Wildman–Crippen LogP) is 3.82. The molecule has 1 saturated carbocycles. The van der Waals surface area contributed by atoms with Gasteiger partial charge in [0.15, 0.2) is 0 Å². The van der Waals surface area contributed by atoms with Gasteiger partial charge in [0, 0.05) is 16.0 Å². The van der Waals surface area contributed by atoms with Gasteiger partial charge in [-0.05, 0) is 31.0 Å². The Labute approximate surface area is 116 Å². The van der Waals surface area contributed by atoms with Crippen molar-refractivity contribution in [1.29, 1.82) is 0 Å². The van der Waals surface area contributed by atoms with Crippen molar-refractivity contribution < 1.29 is 18.7 Å². The zero-order chi connectivity index (χ0) is 13.6. The molecule has 0 spiro atoms. The molecule has 4 nitrogen and oxygen atoms in total. The van der Waals surface area contributed by atoms with Crippen molar-refractivity contribution in [3.8, 4) is 11.5 Å². The first-order chi connectivity index (χ1) is 9.04. The number of nitrogens with zero attached hydrogens (tertiary/aromatic N) is 1. The molecule has 1 aromatic heterocycles. The molecule has 0 unspecified atom stereocenters. The molecule has 3 rings (SSSR count). The molecule has 0 radical (unpaired) electrons. The van der Waals surface area contributed by atoms with Gasteiger partial charge in [-0.3, -0.25) is 0 Å². The van der Waals surface area contributed by atoms with Crippen molar-refractivity contribution in [2.24, 2.45) is 0 Å². The Bertz CT molecular complexity index is 644. The second-order valence-electron chi connectivity index (χ2n) is 4.47. The lowest BCUT2D eigenvalue weighted by Gasteiger charge is -1.97. The molecule has 0 amide bonds. The highest BCUT2D eigenvalue weighted by Gasteiger charge is 2.33. The van der Waals surface area contributed by atoms with Crippen LogP contribution in [-0.4, -0.2) is 16.1 Å². The quantitative estimate of drug-likeness (QED) is 0.931. The smallest absolute Gasteiger partial charge is 0.373 e. The summed E-state index contributed by atoms with van der Waals surface area (Å²) in [6.07, 6.45) is 1.83. The molecule has 2 aromatic rings. The third-order valence-electron chi connectivity index (χ3n) is 2.92. The van der Waals surface area contributed by atoms with E-state index >= 15 is 0 Å². The fourth-order valence-electron chi connectivity index (χ4n) is 1.92. The van der Waals surface area contributed by atoms with E-state index in [0.29, 0.717) is 15.7 Å². The summed E-state index contributed by atoms with van der Waals surface area (Å²) in [5.41, 5.74) is 0.879. The molecule has 1 aromatic carbocycles. The molecule has 19 heavy (non-hydrogen) atoms. The summed E-state index contributed by atoms with van der Waals surface area (Å²) < 4.78 is 19.2. The van der Waals surface area contributed by atoms with Crippen LogP contribution in [0, 0.1) is 5.82 Å². The standard InChI is InChI=1S/C13H9BrFNO3/c14-8-3-7(4-9(15)5-8)12-16-10(6-1-2-6)11(19-12)13(17)18/h3-6H,1-2H2,(H,17,18). The van der Waals surface area contributed by atoms with E-state index in [0.717, 1.165) is 12.8 Å². The van der Waals surface area contributed by atoms with Crippen molar-refractivity contribution in [2.75, 3.05) is 0 Å². The number of oxazole rings is 1. The summed E-state index contributed by atoms with van der Waals surface area (Å²) in [5.74, 6) is -1.43. The number of carboxylic acids is 1. The fraction of sp³-hybridized carbons (Fsp3) is 0.231. The first-order valence-corrected chi connectivity index (χ1v) is 6.54. The molecule has 0 atom stereocenters. The molecule has 1 heterocycles. The number of hydrogen-bond acceptors (Lipinski definition) is 3. The Morgan fingerprint density at radius 1 is 1.42 bits per heavy atom. The SMILES string of the molecule is O=C(O)c1oc(-c2cc(F)cc(Br)c2)nc1C1CC1. The summed E-state index contributed by atoms with van der Waals surface area (Å²) in [6, 6.07) is 4.21. The van der Waals surface area contributed by atoms with Crippen LogP contribution in [0.3, 0.4) is 0 Å². The second-order valence-corrected chi connectivity index (χ2v) is 5.39. The van der Waals surface area contributed by atoms with E-state index in [1.54, 1.807) is 6.07 Å². The zero-order valence-electron chi connectivity index (χ0n) is 9.69. The molecule has 1 N–H and O–H groups in total. The Hall–Kier alpha value is -1.69. The van der Waals surface area contributed by atoms with Crippen LogP contribution in [0.1, 0.15) is 35.0 Å².